The Kier molecular flexibility index (Phi) is 4.12. The molecule has 0 atom stereocenters. The zero-order chi connectivity index (χ0) is 16.4. The number of hydrogen-bond donors (Lipinski definition) is 2. The summed E-state index contributed by atoms with van der Waals surface area (Å²) in [6, 6.07) is 10.7. The Labute approximate surface area is 137 Å². The van der Waals surface area contributed by atoms with Gasteiger partial charge in [-0.15, -0.1) is 0 Å². The monoisotopic (exact) mass is 327 g/mol. The largest absolute Gasteiger partial charge is 0.348 e. The van der Waals surface area contributed by atoms with E-state index in [-0.39, 0.29) is 11.5 Å². The molecule has 6 heteroatoms. The lowest BCUT2D eigenvalue weighted by atomic mass is 10.1. The molecule has 0 bridgehead atoms. The van der Waals surface area contributed by atoms with Gasteiger partial charge in [0.05, 0.1) is 17.1 Å². The highest BCUT2D eigenvalue weighted by Gasteiger charge is 2.12. The van der Waals surface area contributed by atoms with Gasteiger partial charge in [-0.25, -0.2) is 5.10 Å². The SMILES string of the molecule is Cc1cc(CNC(=O)c2cccc3cn[nH]c(=O)c23)ccc1Cl. The second kappa shape index (κ2) is 6.22. The van der Waals surface area contributed by atoms with E-state index < -0.39 is 0 Å². The second-order valence-electron chi connectivity index (χ2n) is 5.24. The van der Waals surface area contributed by atoms with Crippen molar-refractivity contribution in [1.29, 1.82) is 0 Å². The van der Waals surface area contributed by atoms with Crippen molar-refractivity contribution < 1.29 is 4.79 Å². The quantitative estimate of drug-likeness (QED) is 0.776. The molecule has 5 nitrogen and oxygen atoms in total. The maximum Gasteiger partial charge on any atom is 0.272 e. The molecule has 2 aromatic carbocycles. The maximum atomic E-state index is 12.4. The van der Waals surface area contributed by atoms with Crippen LogP contribution in [0.5, 0.6) is 0 Å². The van der Waals surface area contributed by atoms with E-state index in [1.165, 1.54) is 6.20 Å². The van der Waals surface area contributed by atoms with Gasteiger partial charge in [-0.3, -0.25) is 9.59 Å². The van der Waals surface area contributed by atoms with E-state index in [1.54, 1.807) is 24.3 Å². The van der Waals surface area contributed by atoms with E-state index in [1.807, 2.05) is 19.1 Å². The molecule has 0 spiro atoms. The number of halogens is 1. The van der Waals surface area contributed by atoms with Crippen molar-refractivity contribution in [2.24, 2.45) is 0 Å². The van der Waals surface area contributed by atoms with Gasteiger partial charge in [-0.1, -0.05) is 35.9 Å². The number of nitrogens with zero attached hydrogens (tertiary/aromatic N) is 1. The summed E-state index contributed by atoms with van der Waals surface area (Å²) >= 11 is 5.99. The Balaban J connectivity index is 1.86. The van der Waals surface area contributed by atoms with Gasteiger partial charge in [0, 0.05) is 17.0 Å². The molecular formula is C17H14ClN3O2. The molecular weight excluding hydrogens is 314 g/mol. The molecule has 0 aliphatic carbocycles. The van der Waals surface area contributed by atoms with Crippen LogP contribution in [-0.2, 0) is 6.54 Å². The van der Waals surface area contributed by atoms with Crippen LogP contribution in [-0.4, -0.2) is 16.1 Å². The minimum Gasteiger partial charge on any atom is -0.348 e. The number of rotatable bonds is 3. The molecule has 23 heavy (non-hydrogen) atoms. The van der Waals surface area contributed by atoms with Gasteiger partial charge < -0.3 is 5.32 Å². The average Bonchev–Trinajstić information content (AvgIpc) is 2.55. The highest BCUT2D eigenvalue weighted by atomic mass is 35.5. The van der Waals surface area contributed by atoms with E-state index >= 15 is 0 Å². The summed E-state index contributed by atoms with van der Waals surface area (Å²) in [5.41, 5.74) is 1.84. The Bertz CT molecular complexity index is 945. The van der Waals surface area contributed by atoms with Crippen molar-refractivity contribution >= 4 is 28.3 Å². The average molecular weight is 328 g/mol. The first-order chi connectivity index (χ1) is 11.1. The van der Waals surface area contributed by atoms with Crippen LogP contribution < -0.4 is 10.9 Å². The van der Waals surface area contributed by atoms with Gasteiger partial charge in [0.1, 0.15) is 0 Å². The number of aromatic nitrogens is 2. The summed E-state index contributed by atoms with van der Waals surface area (Å²) < 4.78 is 0. The number of amides is 1. The number of carbonyl (C=O) groups excluding carboxylic acids is 1. The topological polar surface area (TPSA) is 74.8 Å². The summed E-state index contributed by atoms with van der Waals surface area (Å²) in [5, 5.41) is 10.6. The minimum absolute atomic E-state index is 0.306. The summed E-state index contributed by atoms with van der Waals surface area (Å²) in [4.78, 5) is 24.4. The lowest BCUT2D eigenvalue weighted by Gasteiger charge is -2.08. The van der Waals surface area contributed by atoms with Gasteiger partial charge in [0.15, 0.2) is 0 Å². The summed E-state index contributed by atoms with van der Waals surface area (Å²) in [7, 11) is 0. The van der Waals surface area contributed by atoms with Crippen LogP contribution in [0.25, 0.3) is 10.8 Å². The van der Waals surface area contributed by atoms with Crippen LogP contribution >= 0.6 is 11.6 Å². The predicted molar refractivity (Wildman–Crippen MR) is 89.7 cm³/mol. The van der Waals surface area contributed by atoms with Crippen LogP contribution in [0.15, 0.2) is 47.4 Å². The fourth-order valence-corrected chi connectivity index (χ4v) is 2.55. The first-order valence-electron chi connectivity index (χ1n) is 7.06. The lowest BCUT2D eigenvalue weighted by Crippen LogP contribution is -2.25. The van der Waals surface area contributed by atoms with E-state index in [9.17, 15) is 9.59 Å². The number of H-pyrrole nitrogens is 1. The third-order valence-electron chi connectivity index (χ3n) is 3.61. The lowest BCUT2D eigenvalue weighted by molar-refractivity contribution is 0.0952. The number of benzene rings is 2. The van der Waals surface area contributed by atoms with Crippen molar-refractivity contribution in [2.45, 2.75) is 13.5 Å². The molecule has 0 aliphatic heterocycles. The zero-order valence-corrected chi connectivity index (χ0v) is 13.1. The second-order valence-corrected chi connectivity index (χ2v) is 5.64. The third-order valence-corrected chi connectivity index (χ3v) is 4.04. The number of aryl methyl sites for hydroxylation is 1. The normalized spacial score (nSPS) is 10.7. The van der Waals surface area contributed by atoms with Crippen molar-refractivity contribution in [2.75, 3.05) is 0 Å². The van der Waals surface area contributed by atoms with Gasteiger partial charge in [0.25, 0.3) is 11.5 Å². The molecule has 0 radical (unpaired) electrons. The molecule has 0 aliphatic rings. The third kappa shape index (κ3) is 3.10. The molecule has 2 N–H and O–H groups in total. The summed E-state index contributed by atoms with van der Waals surface area (Å²) in [5.74, 6) is -0.306. The Hall–Kier alpha value is -2.66. The minimum atomic E-state index is -0.379. The Morgan fingerprint density at radius 3 is 2.91 bits per heavy atom. The molecule has 1 heterocycles. The van der Waals surface area contributed by atoms with Crippen LogP contribution in [0.4, 0.5) is 0 Å². The highest BCUT2D eigenvalue weighted by molar-refractivity contribution is 6.31. The maximum absolute atomic E-state index is 12.4. The number of carbonyl (C=O) groups is 1. The Morgan fingerprint density at radius 1 is 1.30 bits per heavy atom. The van der Waals surface area contributed by atoms with E-state index in [0.29, 0.717) is 27.9 Å². The molecule has 3 rings (SSSR count). The van der Waals surface area contributed by atoms with E-state index in [2.05, 4.69) is 15.5 Å². The van der Waals surface area contributed by atoms with E-state index in [0.717, 1.165) is 11.1 Å². The number of fused-ring (bicyclic) bond motifs is 1. The Morgan fingerprint density at radius 2 is 2.13 bits per heavy atom. The molecule has 0 saturated carbocycles. The first-order valence-corrected chi connectivity index (χ1v) is 7.43. The van der Waals surface area contributed by atoms with Gasteiger partial charge >= 0.3 is 0 Å². The zero-order valence-electron chi connectivity index (χ0n) is 12.4. The molecule has 0 saturated heterocycles. The van der Waals surface area contributed by atoms with Crippen molar-refractivity contribution in [3.8, 4) is 0 Å². The molecule has 0 fully saturated rings. The number of hydrogen-bond acceptors (Lipinski definition) is 3. The standard InChI is InChI=1S/C17H14ClN3O2/c1-10-7-11(5-6-14(10)18)8-19-16(22)13-4-2-3-12-9-20-21-17(23)15(12)13/h2-7,9H,8H2,1H3,(H,19,22)(H,21,23). The summed E-state index contributed by atoms with van der Waals surface area (Å²) in [6.07, 6.45) is 1.52. The number of nitrogens with one attached hydrogen (secondary N) is 2. The highest BCUT2D eigenvalue weighted by Crippen LogP contribution is 2.17. The molecule has 1 aromatic heterocycles. The molecule has 116 valence electrons. The first kappa shape index (κ1) is 15.2. The van der Waals surface area contributed by atoms with Crippen molar-refractivity contribution in [1.82, 2.24) is 15.5 Å². The van der Waals surface area contributed by atoms with Gasteiger partial charge in [0.2, 0.25) is 0 Å². The van der Waals surface area contributed by atoms with Gasteiger partial charge in [-0.2, -0.15) is 5.10 Å². The van der Waals surface area contributed by atoms with Crippen LogP contribution in [0.3, 0.4) is 0 Å². The van der Waals surface area contributed by atoms with Crippen molar-refractivity contribution in [3.05, 3.63) is 74.7 Å². The summed E-state index contributed by atoms with van der Waals surface area (Å²) in [6.45, 7) is 2.26. The fraction of sp³-hybridized carbons (Fsp3) is 0.118. The van der Waals surface area contributed by atoms with Crippen LogP contribution in [0.1, 0.15) is 21.5 Å². The predicted octanol–water partition coefficient (Wildman–Crippen LogP) is 2.81. The smallest absolute Gasteiger partial charge is 0.272 e. The molecule has 1 amide bonds. The van der Waals surface area contributed by atoms with E-state index in [4.69, 9.17) is 11.6 Å². The molecule has 3 aromatic rings. The van der Waals surface area contributed by atoms with Crippen LogP contribution in [0, 0.1) is 6.92 Å². The van der Waals surface area contributed by atoms with Gasteiger partial charge in [-0.05, 0) is 30.2 Å². The fourth-order valence-electron chi connectivity index (χ4n) is 2.43. The molecule has 0 unspecified atom stereocenters. The number of aromatic amines is 1. The van der Waals surface area contributed by atoms with Crippen molar-refractivity contribution in [3.63, 3.8) is 0 Å². The van der Waals surface area contributed by atoms with Crippen LogP contribution in [0.2, 0.25) is 5.02 Å².